The Labute approximate surface area is 148 Å². The van der Waals surface area contributed by atoms with Crippen LogP contribution in [-0.2, 0) is 24.8 Å². The molecule has 3 aromatic heterocycles. The van der Waals surface area contributed by atoms with E-state index < -0.39 is 0 Å². The summed E-state index contributed by atoms with van der Waals surface area (Å²) in [6, 6.07) is 1.64. The largest absolute Gasteiger partial charge is 0.360 e. The number of carbonyl (C=O) groups excluding carboxylic acids is 1. The summed E-state index contributed by atoms with van der Waals surface area (Å²) in [5.74, 6) is 0.690. The summed E-state index contributed by atoms with van der Waals surface area (Å²) < 4.78 is 6.82. The van der Waals surface area contributed by atoms with E-state index >= 15 is 0 Å². The summed E-state index contributed by atoms with van der Waals surface area (Å²) in [4.78, 5) is 22.1. The van der Waals surface area contributed by atoms with Gasteiger partial charge in [-0.25, -0.2) is 4.98 Å². The van der Waals surface area contributed by atoms with Crippen LogP contribution in [0, 0.1) is 0 Å². The Morgan fingerprint density at radius 3 is 3.12 bits per heavy atom. The highest BCUT2D eigenvalue weighted by molar-refractivity contribution is 6.29. The quantitative estimate of drug-likeness (QED) is 0.767. The van der Waals surface area contributed by atoms with Gasteiger partial charge in [-0.05, 0) is 0 Å². The number of aryl methyl sites for hydroxylation is 2. The molecular formula is C16H17ClN6O2. The summed E-state index contributed by atoms with van der Waals surface area (Å²) in [6.07, 6.45) is 6.29. The first-order chi connectivity index (χ1) is 12.1. The van der Waals surface area contributed by atoms with Crippen molar-refractivity contribution in [2.24, 2.45) is 7.05 Å². The Morgan fingerprint density at radius 1 is 1.52 bits per heavy atom. The van der Waals surface area contributed by atoms with Crippen LogP contribution in [-0.4, -0.2) is 42.3 Å². The second-order valence-corrected chi connectivity index (χ2v) is 6.54. The number of hydrogen-bond donors (Lipinski definition) is 1. The molecule has 1 aliphatic rings. The van der Waals surface area contributed by atoms with E-state index in [9.17, 15) is 4.79 Å². The van der Waals surface area contributed by atoms with Gasteiger partial charge in [-0.2, -0.15) is 5.10 Å². The lowest BCUT2D eigenvalue weighted by Gasteiger charge is -2.31. The summed E-state index contributed by atoms with van der Waals surface area (Å²) >= 11 is 5.74. The molecule has 0 saturated carbocycles. The smallest absolute Gasteiger partial charge is 0.223 e. The number of halogens is 1. The number of imidazole rings is 1. The van der Waals surface area contributed by atoms with Gasteiger partial charge in [-0.15, -0.1) is 0 Å². The van der Waals surface area contributed by atoms with Crippen molar-refractivity contribution in [3.8, 4) is 0 Å². The van der Waals surface area contributed by atoms with Crippen LogP contribution in [0.4, 0.5) is 0 Å². The highest BCUT2D eigenvalue weighted by Crippen LogP contribution is 2.31. The number of H-pyrrole nitrogens is 1. The number of aromatic nitrogens is 5. The van der Waals surface area contributed by atoms with Crippen LogP contribution in [0.5, 0.6) is 0 Å². The Morgan fingerprint density at radius 2 is 2.40 bits per heavy atom. The molecule has 0 bridgehead atoms. The number of carbonyl (C=O) groups is 1. The molecule has 25 heavy (non-hydrogen) atoms. The van der Waals surface area contributed by atoms with Crippen LogP contribution in [0.2, 0.25) is 5.15 Å². The average molecular weight is 361 g/mol. The molecule has 0 aromatic carbocycles. The molecule has 9 heteroatoms. The highest BCUT2D eigenvalue weighted by atomic mass is 35.5. The molecule has 1 amide bonds. The van der Waals surface area contributed by atoms with Gasteiger partial charge in [0.2, 0.25) is 5.91 Å². The molecule has 3 aromatic rings. The van der Waals surface area contributed by atoms with E-state index in [0.717, 1.165) is 17.0 Å². The Balaban J connectivity index is 1.50. The van der Waals surface area contributed by atoms with E-state index in [2.05, 4.69) is 20.2 Å². The molecule has 0 fully saturated rings. The topological polar surface area (TPSA) is 92.8 Å². The van der Waals surface area contributed by atoms with E-state index in [1.54, 1.807) is 17.1 Å². The molecule has 0 saturated heterocycles. The van der Waals surface area contributed by atoms with E-state index in [1.807, 2.05) is 24.3 Å². The maximum absolute atomic E-state index is 12.7. The summed E-state index contributed by atoms with van der Waals surface area (Å²) in [5, 5.41) is 8.17. The number of hydrogen-bond acceptors (Lipinski definition) is 5. The lowest BCUT2D eigenvalue weighted by atomic mass is 9.93. The average Bonchev–Trinajstić information content (AvgIpc) is 3.32. The maximum Gasteiger partial charge on any atom is 0.223 e. The van der Waals surface area contributed by atoms with Crippen molar-refractivity contribution >= 4 is 17.5 Å². The summed E-state index contributed by atoms with van der Waals surface area (Å²) in [5.41, 5.74) is 3.01. The van der Waals surface area contributed by atoms with E-state index in [0.29, 0.717) is 36.8 Å². The number of nitrogens with one attached hydrogen (secondary N) is 1. The first-order valence-corrected chi connectivity index (χ1v) is 8.37. The highest BCUT2D eigenvalue weighted by Gasteiger charge is 2.31. The van der Waals surface area contributed by atoms with Crippen LogP contribution in [0.1, 0.15) is 35.1 Å². The van der Waals surface area contributed by atoms with Crippen LogP contribution < -0.4 is 0 Å². The molecule has 8 nitrogen and oxygen atoms in total. The van der Waals surface area contributed by atoms with Crippen molar-refractivity contribution in [1.29, 1.82) is 0 Å². The third-order valence-corrected chi connectivity index (χ3v) is 4.61. The second kappa shape index (κ2) is 6.36. The number of rotatable bonds is 4. The number of fused-ring (bicyclic) bond motifs is 1. The van der Waals surface area contributed by atoms with Crippen molar-refractivity contribution in [2.75, 3.05) is 6.54 Å². The lowest BCUT2D eigenvalue weighted by Crippen LogP contribution is -2.38. The van der Waals surface area contributed by atoms with Gasteiger partial charge < -0.3 is 14.4 Å². The van der Waals surface area contributed by atoms with Crippen LogP contribution in [0.3, 0.4) is 0 Å². The normalized spacial score (nSPS) is 16.9. The number of amides is 1. The van der Waals surface area contributed by atoms with Crippen molar-refractivity contribution in [3.05, 3.63) is 52.7 Å². The van der Waals surface area contributed by atoms with E-state index in [1.165, 1.54) is 0 Å². The Hall–Kier alpha value is -2.61. The van der Waals surface area contributed by atoms with Gasteiger partial charge in [-0.3, -0.25) is 9.48 Å². The van der Waals surface area contributed by atoms with Crippen LogP contribution in [0.25, 0.3) is 0 Å². The van der Waals surface area contributed by atoms with Gasteiger partial charge >= 0.3 is 0 Å². The van der Waals surface area contributed by atoms with Gasteiger partial charge in [0.05, 0.1) is 30.5 Å². The fraction of sp³-hybridized carbons (Fsp3) is 0.375. The SMILES string of the molecule is Cn1cc(C2CN(C(=O)CCc3cc(Cl)no3)Cc3[nH]cnc32)cn1. The first-order valence-electron chi connectivity index (χ1n) is 7.99. The van der Waals surface area contributed by atoms with Gasteiger partial charge in [0.1, 0.15) is 5.76 Å². The third kappa shape index (κ3) is 3.17. The van der Waals surface area contributed by atoms with Crippen LogP contribution >= 0.6 is 11.6 Å². The predicted octanol–water partition coefficient (Wildman–Crippen LogP) is 1.89. The molecule has 1 N–H and O–H groups in total. The minimum atomic E-state index is 0.0207. The number of nitrogens with zero attached hydrogens (tertiary/aromatic N) is 5. The molecule has 130 valence electrons. The van der Waals surface area contributed by atoms with Crippen molar-refractivity contribution in [3.63, 3.8) is 0 Å². The molecule has 4 heterocycles. The fourth-order valence-electron chi connectivity index (χ4n) is 3.19. The van der Waals surface area contributed by atoms with E-state index in [4.69, 9.17) is 16.1 Å². The van der Waals surface area contributed by atoms with Crippen LogP contribution in [0.15, 0.2) is 29.3 Å². The zero-order valence-corrected chi connectivity index (χ0v) is 14.4. The molecule has 1 atom stereocenters. The van der Waals surface area contributed by atoms with Crippen molar-refractivity contribution in [2.45, 2.75) is 25.3 Å². The van der Waals surface area contributed by atoms with Crippen molar-refractivity contribution < 1.29 is 9.32 Å². The fourth-order valence-corrected chi connectivity index (χ4v) is 3.34. The maximum atomic E-state index is 12.7. The lowest BCUT2D eigenvalue weighted by molar-refractivity contribution is -0.132. The zero-order valence-electron chi connectivity index (χ0n) is 13.6. The molecule has 4 rings (SSSR count). The molecule has 1 aliphatic heterocycles. The standard InChI is InChI=1S/C16H17ClN6O2/c1-22-6-10(5-20-22)12-7-23(8-13-16(12)19-9-18-13)15(24)3-2-11-4-14(17)21-25-11/h4-6,9,12H,2-3,7-8H2,1H3,(H,18,19). The number of aromatic amines is 1. The minimum Gasteiger partial charge on any atom is -0.360 e. The van der Waals surface area contributed by atoms with Gasteiger partial charge in [0.25, 0.3) is 0 Å². The Kier molecular flexibility index (Phi) is 4.04. The third-order valence-electron chi connectivity index (χ3n) is 4.43. The van der Waals surface area contributed by atoms with Gasteiger partial charge in [0, 0.05) is 50.2 Å². The first kappa shape index (κ1) is 15.9. The second-order valence-electron chi connectivity index (χ2n) is 6.16. The summed E-state index contributed by atoms with van der Waals surface area (Å²) in [7, 11) is 1.88. The molecular weight excluding hydrogens is 344 g/mol. The Bertz CT molecular complexity index is 898. The molecule has 0 radical (unpaired) electrons. The van der Waals surface area contributed by atoms with Gasteiger partial charge in [-0.1, -0.05) is 16.8 Å². The summed E-state index contributed by atoms with van der Waals surface area (Å²) in [6.45, 7) is 1.11. The molecule has 0 spiro atoms. The monoisotopic (exact) mass is 360 g/mol. The minimum absolute atomic E-state index is 0.0207. The van der Waals surface area contributed by atoms with Gasteiger partial charge in [0.15, 0.2) is 5.15 Å². The predicted molar refractivity (Wildman–Crippen MR) is 88.9 cm³/mol. The van der Waals surface area contributed by atoms with Crippen molar-refractivity contribution in [1.82, 2.24) is 29.8 Å². The molecule has 1 unspecified atom stereocenters. The van der Waals surface area contributed by atoms with E-state index in [-0.39, 0.29) is 11.8 Å². The zero-order chi connectivity index (χ0) is 17.4. The molecule has 0 aliphatic carbocycles.